The van der Waals surface area contributed by atoms with E-state index < -0.39 is 0 Å². The summed E-state index contributed by atoms with van der Waals surface area (Å²) in [4.78, 5) is 12.8. The maximum absolute atomic E-state index is 12.8. The first-order chi connectivity index (χ1) is 12.1. The Hall–Kier alpha value is -2.86. The summed E-state index contributed by atoms with van der Waals surface area (Å²) in [5.41, 5.74) is 1.78. The zero-order chi connectivity index (χ0) is 17.8. The zero-order valence-electron chi connectivity index (χ0n) is 14.2. The Labute approximate surface area is 146 Å². The predicted octanol–water partition coefficient (Wildman–Crippen LogP) is 2.88. The minimum atomic E-state index is -0.248. The van der Waals surface area contributed by atoms with E-state index in [2.05, 4.69) is 10.4 Å². The van der Waals surface area contributed by atoms with Gasteiger partial charge in [-0.3, -0.25) is 4.79 Å². The number of carbonyl (C=O) groups excluding carboxylic acids is 1. The summed E-state index contributed by atoms with van der Waals surface area (Å²) >= 11 is 0. The molecule has 0 spiro atoms. The number of hydrogen-bond donors (Lipinski definition) is 2. The van der Waals surface area contributed by atoms with Crippen molar-refractivity contribution in [3.8, 4) is 17.1 Å². The van der Waals surface area contributed by atoms with Gasteiger partial charge in [0.05, 0.1) is 12.0 Å². The Morgan fingerprint density at radius 3 is 2.64 bits per heavy atom. The number of aliphatic hydroxyl groups excluding tert-OH is 1. The Morgan fingerprint density at radius 2 is 2.00 bits per heavy atom. The van der Waals surface area contributed by atoms with Gasteiger partial charge in [0.15, 0.2) is 5.76 Å². The van der Waals surface area contributed by atoms with E-state index in [-0.39, 0.29) is 24.5 Å². The van der Waals surface area contributed by atoms with Gasteiger partial charge in [0.1, 0.15) is 11.4 Å². The molecule has 0 aliphatic carbocycles. The Morgan fingerprint density at radius 1 is 1.24 bits per heavy atom. The van der Waals surface area contributed by atoms with Crippen LogP contribution in [0.1, 0.15) is 24.3 Å². The van der Waals surface area contributed by atoms with Gasteiger partial charge < -0.3 is 14.8 Å². The highest BCUT2D eigenvalue weighted by atomic mass is 16.3. The van der Waals surface area contributed by atoms with Crippen LogP contribution in [0.4, 0.5) is 0 Å². The highest BCUT2D eigenvalue weighted by molar-refractivity contribution is 5.94. The average molecular weight is 339 g/mol. The fourth-order valence-corrected chi connectivity index (χ4v) is 2.43. The van der Waals surface area contributed by atoms with Gasteiger partial charge in [0.2, 0.25) is 0 Å². The third-order valence-electron chi connectivity index (χ3n) is 4.22. The van der Waals surface area contributed by atoms with Crippen LogP contribution in [0.2, 0.25) is 0 Å². The van der Waals surface area contributed by atoms with E-state index in [1.54, 1.807) is 29.1 Å². The molecule has 25 heavy (non-hydrogen) atoms. The fourth-order valence-electron chi connectivity index (χ4n) is 2.43. The topological polar surface area (TPSA) is 80.3 Å². The van der Waals surface area contributed by atoms with Crippen molar-refractivity contribution >= 4 is 5.91 Å². The van der Waals surface area contributed by atoms with Gasteiger partial charge in [-0.15, -0.1) is 0 Å². The van der Waals surface area contributed by atoms with Crippen molar-refractivity contribution in [2.45, 2.75) is 19.9 Å². The molecule has 130 valence electrons. The molecule has 1 aromatic carbocycles. The third kappa shape index (κ3) is 3.64. The fraction of sp³-hybridized carbons (Fsp3) is 0.263. The van der Waals surface area contributed by atoms with E-state index in [1.807, 2.05) is 44.2 Å². The molecule has 2 unspecified atom stereocenters. The molecule has 0 saturated heterocycles. The van der Waals surface area contributed by atoms with Crippen molar-refractivity contribution in [3.05, 3.63) is 60.5 Å². The number of furan rings is 1. The van der Waals surface area contributed by atoms with Gasteiger partial charge in [0.25, 0.3) is 5.91 Å². The summed E-state index contributed by atoms with van der Waals surface area (Å²) in [6.07, 6.45) is 1.57. The van der Waals surface area contributed by atoms with Gasteiger partial charge in [0, 0.05) is 18.7 Å². The van der Waals surface area contributed by atoms with Crippen LogP contribution in [0.15, 0.2) is 59.2 Å². The number of nitrogens with one attached hydrogen (secondary N) is 1. The molecule has 2 N–H and O–H groups in total. The molecule has 6 nitrogen and oxygen atoms in total. The van der Waals surface area contributed by atoms with Crippen LogP contribution < -0.4 is 5.32 Å². The SMILES string of the molecule is CC(CO)C(C)NC(=O)c1cc(-c2ccco2)nn1-c1ccccc1. The standard InChI is InChI=1S/C19H21N3O3/c1-13(12-23)14(2)20-19(24)17-11-16(18-9-6-10-25-18)21-22(17)15-7-4-3-5-8-15/h3-11,13-14,23H,12H2,1-2H3,(H,20,24). The molecule has 0 saturated carbocycles. The van der Waals surface area contributed by atoms with Crippen LogP contribution in [0.3, 0.4) is 0 Å². The second-order valence-corrected chi connectivity index (χ2v) is 6.06. The van der Waals surface area contributed by atoms with Gasteiger partial charge in [-0.2, -0.15) is 5.10 Å². The number of para-hydroxylation sites is 1. The molecule has 0 aliphatic heterocycles. The van der Waals surface area contributed by atoms with E-state index in [0.29, 0.717) is 17.1 Å². The third-order valence-corrected chi connectivity index (χ3v) is 4.22. The number of carbonyl (C=O) groups is 1. The van der Waals surface area contributed by atoms with Crippen molar-refractivity contribution in [1.29, 1.82) is 0 Å². The monoisotopic (exact) mass is 339 g/mol. The zero-order valence-corrected chi connectivity index (χ0v) is 14.2. The minimum Gasteiger partial charge on any atom is -0.463 e. The number of hydrogen-bond acceptors (Lipinski definition) is 4. The van der Waals surface area contributed by atoms with Crippen LogP contribution in [-0.4, -0.2) is 33.4 Å². The smallest absolute Gasteiger partial charge is 0.270 e. The molecule has 6 heteroatoms. The summed E-state index contributed by atoms with van der Waals surface area (Å²) in [6, 6.07) is 14.6. The molecule has 0 bridgehead atoms. The number of rotatable bonds is 6. The lowest BCUT2D eigenvalue weighted by Gasteiger charge is -2.19. The van der Waals surface area contributed by atoms with E-state index in [4.69, 9.17) is 4.42 Å². The molecule has 0 radical (unpaired) electrons. The largest absolute Gasteiger partial charge is 0.463 e. The molecule has 0 aliphatic rings. The van der Waals surface area contributed by atoms with Gasteiger partial charge in [-0.05, 0) is 37.1 Å². The van der Waals surface area contributed by atoms with Crippen LogP contribution in [-0.2, 0) is 0 Å². The summed E-state index contributed by atoms with van der Waals surface area (Å²) in [7, 11) is 0. The molecule has 2 atom stereocenters. The first-order valence-electron chi connectivity index (χ1n) is 8.21. The highest BCUT2D eigenvalue weighted by Gasteiger charge is 2.21. The molecule has 3 rings (SSSR count). The molecule has 1 amide bonds. The molecule has 0 fully saturated rings. The molecular weight excluding hydrogens is 318 g/mol. The number of nitrogens with zero attached hydrogens (tertiary/aromatic N) is 2. The Kier molecular flexibility index (Phi) is 5.00. The number of amides is 1. The lowest BCUT2D eigenvalue weighted by Crippen LogP contribution is -2.39. The highest BCUT2D eigenvalue weighted by Crippen LogP contribution is 2.22. The summed E-state index contributed by atoms with van der Waals surface area (Å²) in [5, 5.41) is 16.7. The Balaban J connectivity index is 1.98. The Bertz CT molecular complexity index is 825. The summed E-state index contributed by atoms with van der Waals surface area (Å²) in [5.74, 6) is 0.309. The lowest BCUT2D eigenvalue weighted by molar-refractivity contribution is 0.0908. The molecular formula is C19H21N3O3. The summed E-state index contributed by atoms with van der Waals surface area (Å²) < 4.78 is 7.00. The minimum absolute atomic E-state index is 0.0110. The van der Waals surface area contributed by atoms with Gasteiger partial charge >= 0.3 is 0 Å². The quantitative estimate of drug-likeness (QED) is 0.724. The summed E-state index contributed by atoms with van der Waals surface area (Å²) in [6.45, 7) is 3.76. The van der Waals surface area contributed by atoms with Crippen molar-refractivity contribution in [1.82, 2.24) is 15.1 Å². The van der Waals surface area contributed by atoms with Crippen LogP contribution >= 0.6 is 0 Å². The average Bonchev–Trinajstić information content (AvgIpc) is 3.31. The first-order valence-corrected chi connectivity index (χ1v) is 8.21. The van der Waals surface area contributed by atoms with E-state index in [9.17, 15) is 9.90 Å². The molecule has 2 aromatic heterocycles. The predicted molar refractivity (Wildman–Crippen MR) is 94.4 cm³/mol. The van der Waals surface area contributed by atoms with Gasteiger partial charge in [-0.25, -0.2) is 4.68 Å². The van der Waals surface area contributed by atoms with Crippen molar-refractivity contribution < 1.29 is 14.3 Å². The number of aromatic nitrogens is 2. The number of benzene rings is 1. The lowest BCUT2D eigenvalue weighted by atomic mass is 10.1. The van der Waals surface area contributed by atoms with Crippen LogP contribution in [0.5, 0.6) is 0 Å². The maximum atomic E-state index is 12.8. The second kappa shape index (κ2) is 7.36. The number of aliphatic hydroxyl groups is 1. The van der Waals surface area contributed by atoms with Crippen molar-refractivity contribution in [2.75, 3.05) is 6.61 Å². The van der Waals surface area contributed by atoms with E-state index >= 15 is 0 Å². The maximum Gasteiger partial charge on any atom is 0.270 e. The molecule has 3 aromatic rings. The normalized spacial score (nSPS) is 13.4. The van der Waals surface area contributed by atoms with Crippen molar-refractivity contribution in [2.24, 2.45) is 5.92 Å². The molecule has 2 heterocycles. The second-order valence-electron chi connectivity index (χ2n) is 6.06. The van der Waals surface area contributed by atoms with Crippen LogP contribution in [0.25, 0.3) is 17.1 Å². The van der Waals surface area contributed by atoms with E-state index in [1.165, 1.54) is 0 Å². The van der Waals surface area contributed by atoms with E-state index in [0.717, 1.165) is 5.69 Å². The van der Waals surface area contributed by atoms with Crippen LogP contribution in [0, 0.1) is 5.92 Å². The van der Waals surface area contributed by atoms with Gasteiger partial charge in [-0.1, -0.05) is 25.1 Å². The first kappa shape index (κ1) is 17.0. The van der Waals surface area contributed by atoms with Crippen molar-refractivity contribution in [3.63, 3.8) is 0 Å².